The minimum Gasteiger partial charge on any atom is -0.387 e. The van der Waals surface area contributed by atoms with E-state index < -0.39 is 47.7 Å². The molecule has 2 heterocycles. The Hall–Kier alpha value is -3.17. The lowest BCUT2D eigenvalue weighted by molar-refractivity contribution is -0.140. The average molecular weight is 515 g/mol. The van der Waals surface area contributed by atoms with Crippen LogP contribution in [0.1, 0.15) is 38.2 Å². The van der Waals surface area contributed by atoms with Gasteiger partial charge in [0.25, 0.3) is 0 Å². The standard InChI is InChI=1S/C28H33F3N4O2/c1-28(2,3)26(35(25(37)17-36)15-19-12-32-13-23(19)31)27-33-24(21-11-20(29)9-10-22(21)30)16-34(27)14-18-7-5-4-6-8-18/h4-11,16,19,23,26,32,36H,12-15,17H2,1-3H3. The number of aliphatic hydroxyl groups excluding tert-OH is 1. The predicted octanol–water partition coefficient (Wildman–Crippen LogP) is 4.34. The van der Waals surface area contributed by atoms with Crippen LogP contribution in [0.4, 0.5) is 13.2 Å². The van der Waals surface area contributed by atoms with Gasteiger partial charge in [0.2, 0.25) is 5.91 Å². The van der Waals surface area contributed by atoms with Crippen LogP contribution in [0.25, 0.3) is 11.3 Å². The molecule has 2 aromatic carbocycles. The van der Waals surface area contributed by atoms with Crippen molar-refractivity contribution in [3.63, 3.8) is 0 Å². The Morgan fingerprint density at radius 1 is 1.19 bits per heavy atom. The van der Waals surface area contributed by atoms with Gasteiger partial charge < -0.3 is 19.9 Å². The van der Waals surface area contributed by atoms with Gasteiger partial charge >= 0.3 is 0 Å². The van der Waals surface area contributed by atoms with Crippen LogP contribution in [0.2, 0.25) is 0 Å². The number of hydrogen-bond donors (Lipinski definition) is 2. The predicted molar refractivity (Wildman–Crippen MR) is 135 cm³/mol. The third-order valence-corrected chi connectivity index (χ3v) is 6.73. The summed E-state index contributed by atoms with van der Waals surface area (Å²) < 4.78 is 45.2. The van der Waals surface area contributed by atoms with Crippen molar-refractivity contribution >= 4 is 5.91 Å². The van der Waals surface area contributed by atoms with Gasteiger partial charge in [-0.05, 0) is 29.2 Å². The van der Waals surface area contributed by atoms with E-state index >= 15 is 0 Å². The lowest BCUT2D eigenvalue weighted by atomic mass is 9.84. The SMILES string of the molecule is CC(C)(C)C(c1nc(-c2cc(F)ccc2F)cn1Cc1ccccc1)N(CC1CNCC1F)C(=O)CO. The number of imidazole rings is 1. The van der Waals surface area contributed by atoms with Gasteiger partial charge in [0.15, 0.2) is 0 Å². The van der Waals surface area contributed by atoms with Gasteiger partial charge in [-0.25, -0.2) is 18.2 Å². The molecule has 0 bridgehead atoms. The van der Waals surface area contributed by atoms with E-state index in [9.17, 15) is 23.1 Å². The first-order chi connectivity index (χ1) is 17.6. The van der Waals surface area contributed by atoms with Gasteiger partial charge in [-0.2, -0.15) is 0 Å². The van der Waals surface area contributed by atoms with E-state index in [1.54, 1.807) is 6.20 Å². The molecule has 1 aromatic heterocycles. The quantitative estimate of drug-likeness (QED) is 0.469. The summed E-state index contributed by atoms with van der Waals surface area (Å²) in [6, 6.07) is 12.1. The Morgan fingerprint density at radius 2 is 1.92 bits per heavy atom. The molecule has 198 valence electrons. The molecule has 3 unspecified atom stereocenters. The smallest absolute Gasteiger partial charge is 0.248 e. The van der Waals surface area contributed by atoms with E-state index in [2.05, 4.69) is 5.32 Å². The van der Waals surface area contributed by atoms with Gasteiger partial charge in [-0.15, -0.1) is 0 Å². The van der Waals surface area contributed by atoms with Gasteiger partial charge in [-0.3, -0.25) is 4.79 Å². The van der Waals surface area contributed by atoms with E-state index in [4.69, 9.17) is 4.98 Å². The summed E-state index contributed by atoms with van der Waals surface area (Å²) in [7, 11) is 0. The number of carbonyl (C=O) groups excluding carboxylic acids is 1. The Bertz CT molecular complexity index is 1230. The van der Waals surface area contributed by atoms with Crippen LogP contribution >= 0.6 is 0 Å². The zero-order valence-electron chi connectivity index (χ0n) is 21.3. The second-order valence-electron chi connectivity index (χ2n) is 10.6. The molecule has 1 aliphatic heterocycles. The Morgan fingerprint density at radius 3 is 2.54 bits per heavy atom. The first kappa shape index (κ1) is 26.9. The second-order valence-corrected chi connectivity index (χ2v) is 10.6. The fourth-order valence-electron chi connectivity index (χ4n) is 4.95. The van der Waals surface area contributed by atoms with Gasteiger partial charge in [0.1, 0.15) is 30.2 Å². The van der Waals surface area contributed by atoms with Crippen molar-refractivity contribution in [2.24, 2.45) is 11.3 Å². The highest BCUT2D eigenvalue weighted by atomic mass is 19.1. The van der Waals surface area contributed by atoms with Gasteiger partial charge in [-0.1, -0.05) is 51.1 Å². The van der Waals surface area contributed by atoms with Crippen LogP contribution in [-0.2, 0) is 11.3 Å². The summed E-state index contributed by atoms with van der Waals surface area (Å²) >= 11 is 0. The molecule has 3 aromatic rings. The molecular formula is C28H33F3N4O2. The van der Waals surface area contributed by atoms with Crippen molar-refractivity contribution in [1.29, 1.82) is 0 Å². The fraction of sp³-hybridized carbons (Fsp3) is 0.429. The van der Waals surface area contributed by atoms with Gasteiger partial charge in [0.05, 0.1) is 11.7 Å². The van der Waals surface area contributed by atoms with Crippen molar-refractivity contribution < 1.29 is 23.1 Å². The third-order valence-electron chi connectivity index (χ3n) is 6.73. The number of nitrogens with zero attached hydrogens (tertiary/aromatic N) is 3. The van der Waals surface area contributed by atoms with E-state index in [0.717, 1.165) is 23.8 Å². The molecule has 1 fully saturated rings. The molecule has 1 aliphatic rings. The number of hydrogen-bond acceptors (Lipinski definition) is 4. The number of alkyl halides is 1. The zero-order chi connectivity index (χ0) is 26.7. The van der Waals surface area contributed by atoms with E-state index in [1.165, 1.54) is 4.90 Å². The van der Waals surface area contributed by atoms with Crippen LogP contribution in [-0.4, -0.2) is 57.9 Å². The third kappa shape index (κ3) is 6.05. The fourth-order valence-corrected chi connectivity index (χ4v) is 4.95. The molecule has 1 amide bonds. The monoisotopic (exact) mass is 514 g/mol. The number of carbonyl (C=O) groups is 1. The highest BCUT2D eigenvalue weighted by Gasteiger charge is 2.41. The first-order valence-electron chi connectivity index (χ1n) is 12.4. The summed E-state index contributed by atoms with van der Waals surface area (Å²) in [6.45, 7) is 6.11. The van der Waals surface area contributed by atoms with Crippen LogP contribution in [0.5, 0.6) is 0 Å². The molecule has 9 heteroatoms. The molecule has 0 aliphatic carbocycles. The van der Waals surface area contributed by atoms with Crippen molar-refractivity contribution in [3.05, 3.63) is 77.8 Å². The molecule has 6 nitrogen and oxygen atoms in total. The van der Waals surface area contributed by atoms with Crippen molar-refractivity contribution in [2.45, 2.75) is 39.5 Å². The maximum atomic E-state index is 14.8. The number of benzene rings is 2. The maximum Gasteiger partial charge on any atom is 0.248 e. The molecule has 2 N–H and O–H groups in total. The second kappa shape index (κ2) is 11.1. The van der Waals surface area contributed by atoms with Crippen molar-refractivity contribution in [2.75, 3.05) is 26.2 Å². The first-order valence-corrected chi connectivity index (χ1v) is 12.4. The summed E-state index contributed by atoms with van der Waals surface area (Å²) in [4.78, 5) is 19.3. The molecular weight excluding hydrogens is 481 g/mol. The number of amides is 1. The Kier molecular flexibility index (Phi) is 8.04. The number of halogens is 3. The number of nitrogens with one attached hydrogen (secondary N) is 1. The normalized spacial score (nSPS) is 18.7. The minimum absolute atomic E-state index is 0.00423. The van der Waals surface area contributed by atoms with E-state index in [0.29, 0.717) is 18.9 Å². The molecule has 0 spiro atoms. The van der Waals surface area contributed by atoms with Crippen molar-refractivity contribution in [3.8, 4) is 11.3 Å². The maximum absolute atomic E-state index is 14.8. The van der Waals surface area contributed by atoms with E-state index in [-0.39, 0.29) is 24.3 Å². The van der Waals surface area contributed by atoms with Crippen LogP contribution < -0.4 is 5.32 Å². The lowest BCUT2D eigenvalue weighted by Gasteiger charge is -2.41. The lowest BCUT2D eigenvalue weighted by Crippen LogP contribution is -2.47. The minimum atomic E-state index is -1.13. The highest BCUT2D eigenvalue weighted by molar-refractivity contribution is 5.78. The van der Waals surface area contributed by atoms with Crippen LogP contribution in [0.3, 0.4) is 0 Å². The van der Waals surface area contributed by atoms with E-state index in [1.807, 2.05) is 55.7 Å². The molecule has 3 atom stereocenters. The van der Waals surface area contributed by atoms with Crippen LogP contribution in [0.15, 0.2) is 54.7 Å². The summed E-state index contributed by atoms with van der Waals surface area (Å²) in [6.07, 6.45) is 0.519. The summed E-state index contributed by atoms with van der Waals surface area (Å²) in [5, 5.41) is 12.9. The molecule has 0 saturated carbocycles. The number of aliphatic hydroxyl groups is 1. The molecule has 37 heavy (non-hydrogen) atoms. The number of aromatic nitrogens is 2. The van der Waals surface area contributed by atoms with Crippen molar-refractivity contribution in [1.82, 2.24) is 19.8 Å². The Balaban J connectivity index is 1.86. The summed E-state index contributed by atoms with van der Waals surface area (Å²) in [5.41, 5.74) is 0.577. The van der Waals surface area contributed by atoms with Crippen LogP contribution in [0, 0.1) is 23.0 Å². The molecule has 1 saturated heterocycles. The Labute approximate surface area is 215 Å². The summed E-state index contributed by atoms with van der Waals surface area (Å²) in [5.74, 6) is -1.77. The highest BCUT2D eigenvalue weighted by Crippen LogP contribution is 2.40. The number of rotatable bonds is 8. The zero-order valence-corrected chi connectivity index (χ0v) is 21.3. The topological polar surface area (TPSA) is 70.4 Å². The largest absolute Gasteiger partial charge is 0.387 e. The van der Waals surface area contributed by atoms with Gasteiger partial charge in [0, 0.05) is 43.9 Å². The molecule has 0 radical (unpaired) electrons. The molecule has 4 rings (SSSR count). The average Bonchev–Trinajstić information content (AvgIpc) is 3.45.